The van der Waals surface area contributed by atoms with E-state index in [0.29, 0.717) is 29.9 Å². The van der Waals surface area contributed by atoms with E-state index in [-0.39, 0.29) is 23.4 Å². The van der Waals surface area contributed by atoms with Gasteiger partial charge >= 0.3 is 12.1 Å². The van der Waals surface area contributed by atoms with Gasteiger partial charge in [-0.3, -0.25) is 4.79 Å². The van der Waals surface area contributed by atoms with Crippen molar-refractivity contribution in [2.45, 2.75) is 44.6 Å². The lowest BCUT2D eigenvalue weighted by molar-refractivity contribution is -0.140. The van der Waals surface area contributed by atoms with E-state index in [9.17, 15) is 18.0 Å². The molecule has 2 aromatic rings. The summed E-state index contributed by atoms with van der Waals surface area (Å²) < 4.78 is 51.4. The van der Waals surface area contributed by atoms with Gasteiger partial charge in [0.2, 0.25) is 0 Å². The SMILES string of the molecule is CCO[C@@H](CC(=O)O)c1ccc(O[C@@H]2CCc3c2ccc(Cl)c3C(F)(F)F)cc1. The van der Waals surface area contributed by atoms with Gasteiger partial charge in [0.1, 0.15) is 11.9 Å². The fraction of sp³-hybridized carbons (Fsp3) is 0.381. The summed E-state index contributed by atoms with van der Waals surface area (Å²) in [6, 6.07) is 9.59. The van der Waals surface area contributed by atoms with Crippen LogP contribution in [0.4, 0.5) is 13.2 Å². The van der Waals surface area contributed by atoms with Gasteiger partial charge in [0.05, 0.1) is 23.1 Å². The number of carboxylic acids is 1. The molecule has 0 saturated carbocycles. The first-order valence-electron chi connectivity index (χ1n) is 9.19. The fourth-order valence-corrected chi connectivity index (χ4v) is 3.91. The van der Waals surface area contributed by atoms with Crippen molar-refractivity contribution in [2.24, 2.45) is 0 Å². The highest BCUT2D eigenvalue weighted by atomic mass is 35.5. The second-order valence-corrected chi connectivity index (χ2v) is 7.15. The van der Waals surface area contributed by atoms with Crippen molar-refractivity contribution >= 4 is 17.6 Å². The quantitative estimate of drug-likeness (QED) is 0.589. The minimum absolute atomic E-state index is 0.162. The smallest absolute Gasteiger partial charge is 0.418 e. The Bertz CT molecular complexity index is 881. The van der Waals surface area contributed by atoms with E-state index in [0.717, 1.165) is 0 Å². The molecule has 8 heteroatoms. The molecule has 0 unspecified atom stereocenters. The van der Waals surface area contributed by atoms with E-state index in [1.807, 2.05) is 0 Å². The van der Waals surface area contributed by atoms with Crippen LogP contribution in [0.25, 0.3) is 0 Å². The minimum atomic E-state index is -4.52. The average molecular weight is 429 g/mol. The summed E-state index contributed by atoms with van der Waals surface area (Å²) in [6.45, 7) is 2.16. The summed E-state index contributed by atoms with van der Waals surface area (Å²) in [6.07, 6.45) is -5.10. The largest absolute Gasteiger partial charge is 0.486 e. The first-order valence-corrected chi connectivity index (χ1v) is 9.57. The van der Waals surface area contributed by atoms with Crippen molar-refractivity contribution in [1.82, 2.24) is 0 Å². The third-order valence-electron chi connectivity index (χ3n) is 4.84. The summed E-state index contributed by atoms with van der Waals surface area (Å²) in [4.78, 5) is 11.0. The summed E-state index contributed by atoms with van der Waals surface area (Å²) in [5.74, 6) is -0.480. The molecule has 0 radical (unpaired) electrons. The maximum absolute atomic E-state index is 13.4. The lowest BCUT2D eigenvalue weighted by atomic mass is 10.0. The van der Waals surface area contributed by atoms with Crippen LogP contribution in [0.3, 0.4) is 0 Å². The molecule has 1 aliphatic carbocycles. The van der Waals surface area contributed by atoms with Crippen LogP contribution in [0.2, 0.25) is 5.02 Å². The van der Waals surface area contributed by atoms with Crippen LogP contribution in [-0.2, 0) is 22.1 Å². The number of carboxylic acid groups (broad SMARTS) is 1. The lowest BCUT2D eigenvalue weighted by Crippen LogP contribution is -2.11. The second-order valence-electron chi connectivity index (χ2n) is 6.74. The molecule has 1 aliphatic rings. The van der Waals surface area contributed by atoms with E-state index in [1.54, 1.807) is 37.3 Å². The molecule has 0 saturated heterocycles. The highest BCUT2D eigenvalue weighted by Crippen LogP contribution is 2.45. The zero-order valence-corrected chi connectivity index (χ0v) is 16.4. The molecule has 0 spiro atoms. The minimum Gasteiger partial charge on any atom is -0.486 e. The number of ether oxygens (including phenoxy) is 2. The third-order valence-corrected chi connectivity index (χ3v) is 5.16. The van der Waals surface area contributed by atoms with Crippen LogP contribution in [0, 0.1) is 0 Å². The van der Waals surface area contributed by atoms with Crippen LogP contribution in [0.1, 0.15) is 54.2 Å². The molecule has 4 nitrogen and oxygen atoms in total. The summed E-state index contributed by atoms with van der Waals surface area (Å²) in [5.41, 5.74) is 0.583. The van der Waals surface area contributed by atoms with Crippen LogP contribution < -0.4 is 4.74 Å². The van der Waals surface area contributed by atoms with Gasteiger partial charge < -0.3 is 14.6 Å². The molecule has 156 valence electrons. The molecule has 1 N–H and O–H groups in total. The maximum Gasteiger partial charge on any atom is 0.418 e. The number of carbonyl (C=O) groups is 1. The number of fused-ring (bicyclic) bond motifs is 1. The van der Waals surface area contributed by atoms with Crippen LogP contribution >= 0.6 is 11.6 Å². The number of rotatable bonds is 7. The van der Waals surface area contributed by atoms with Crippen LogP contribution in [-0.4, -0.2) is 17.7 Å². The number of hydrogen-bond acceptors (Lipinski definition) is 3. The Morgan fingerprint density at radius 2 is 1.93 bits per heavy atom. The Morgan fingerprint density at radius 1 is 1.24 bits per heavy atom. The Morgan fingerprint density at radius 3 is 2.52 bits per heavy atom. The van der Waals surface area contributed by atoms with Crippen molar-refractivity contribution in [2.75, 3.05) is 6.61 Å². The molecule has 29 heavy (non-hydrogen) atoms. The number of alkyl halides is 3. The highest BCUT2D eigenvalue weighted by Gasteiger charge is 2.40. The number of benzene rings is 2. The molecular weight excluding hydrogens is 409 g/mol. The lowest BCUT2D eigenvalue weighted by Gasteiger charge is -2.19. The van der Waals surface area contributed by atoms with Crippen LogP contribution in [0.15, 0.2) is 36.4 Å². The Hall–Kier alpha value is -2.25. The average Bonchev–Trinajstić information content (AvgIpc) is 3.03. The van der Waals surface area contributed by atoms with Crippen molar-refractivity contribution in [3.05, 3.63) is 63.7 Å². The predicted molar refractivity (Wildman–Crippen MR) is 101 cm³/mol. The first-order chi connectivity index (χ1) is 13.7. The number of halogens is 4. The molecular formula is C21H20ClF3O4. The van der Waals surface area contributed by atoms with Gasteiger partial charge in [-0.15, -0.1) is 0 Å². The molecule has 2 aromatic carbocycles. The van der Waals surface area contributed by atoms with Gasteiger partial charge in [-0.2, -0.15) is 13.2 Å². The molecule has 0 bridgehead atoms. The third kappa shape index (κ3) is 4.85. The molecule has 0 aliphatic heterocycles. The van der Waals surface area contributed by atoms with Crippen molar-refractivity contribution in [1.29, 1.82) is 0 Å². The molecule has 3 rings (SSSR count). The van der Waals surface area contributed by atoms with E-state index < -0.39 is 29.9 Å². The van der Waals surface area contributed by atoms with Crippen molar-refractivity contribution in [3.63, 3.8) is 0 Å². The van der Waals surface area contributed by atoms with E-state index >= 15 is 0 Å². The van der Waals surface area contributed by atoms with Gasteiger partial charge in [0.25, 0.3) is 0 Å². The Labute approximate surface area is 171 Å². The van der Waals surface area contributed by atoms with Gasteiger partial charge in [0, 0.05) is 6.61 Å². The topological polar surface area (TPSA) is 55.8 Å². The first kappa shape index (κ1) is 21.5. The van der Waals surface area contributed by atoms with Crippen molar-refractivity contribution < 1.29 is 32.5 Å². The molecule has 0 heterocycles. The monoisotopic (exact) mass is 428 g/mol. The maximum atomic E-state index is 13.4. The van der Waals surface area contributed by atoms with Gasteiger partial charge in [-0.05, 0) is 54.7 Å². The normalized spacial score (nSPS) is 17.1. The predicted octanol–water partition coefficient (Wildman–Crippen LogP) is 5.98. The molecule has 0 fully saturated rings. The van der Waals surface area contributed by atoms with E-state index in [4.69, 9.17) is 26.2 Å². The van der Waals surface area contributed by atoms with E-state index in [2.05, 4.69) is 0 Å². The number of aliphatic carboxylic acids is 1. The summed E-state index contributed by atoms with van der Waals surface area (Å²) in [7, 11) is 0. The molecule has 0 aromatic heterocycles. The summed E-state index contributed by atoms with van der Waals surface area (Å²) >= 11 is 5.79. The highest BCUT2D eigenvalue weighted by molar-refractivity contribution is 6.31. The van der Waals surface area contributed by atoms with Gasteiger partial charge in [0.15, 0.2) is 0 Å². The standard InChI is InChI=1S/C21H20ClF3O4/c1-2-28-18(11-19(26)27)12-3-5-13(6-4-12)29-17-10-8-15-14(17)7-9-16(22)20(15)21(23,24)25/h3-7,9,17-18H,2,8,10-11H2,1H3,(H,26,27)/t17-,18+/m1/s1. The fourth-order valence-electron chi connectivity index (χ4n) is 3.62. The Balaban J connectivity index is 1.79. The molecule has 0 amide bonds. The zero-order valence-electron chi connectivity index (χ0n) is 15.6. The Kier molecular flexibility index (Phi) is 6.39. The molecule has 2 atom stereocenters. The van der Waals surface area contributed by atoms with Gasteiger partial charge in [-0.25, -0.2) is 0 Å². The zero-order chi connectivity index (χ0) is 21.2. The second kappa shape index (κ2) is 8.63. The van der Waals surface area contributed by atoms with E-state index in [1.165, 1.54) is 6.07 Å². The van der Waals surface area contributed by atoms with Gasteiger partial charge in [-0.1, -0.05) is 29.8 Å². The number of hydrogen-bond donors (Lipinski definition) is 1. The van der Waals surface area contributed by atoms with Crippen LogP contribution in [0.5, 0.6) is 5.75 Å². The van der Waals surface area contributed by atoms with Crippen molar-refractivity contribution in [3.8, 4) is 5.75 Å². The summed E-state index contributed by atoms with van der Waals surface area (Å²) in [5, 5.41) is 8.71.